The zero-order chi connectivity index (χ0) is 14.0. The van der Waals surface area contributed by atoms with Crippen molar-refractivity contribution in [2.75, 3.05) is 11.4 Å². The van der Waals surface area contributed by atoms with Gasteiger partial charge in [0.25, 0.3) is 0 Å². The first-order valence-corrected chi connectivity index (χ1v) is 7.48. The molecule has 0 fully saturated rings. The van der Waals surface area contributed by atoms with Crippen molar-refractivity contribution in [1.29, 1.82) is 0 Å². The molecule has 0 spiro atoms. The van der Waals surface area contributed by atoms with Crippen LogP contribution < -0.4 is 4.90 Å². The van der Waals surface area contributed by atoms with Crippen molar-refractivity contribution in [2.24, 2.45) is 5.92 Å². The van der Waals surface area contributed by atoms with Crippen molar-refractivity contribution in [2.45, 2.75) is 52.9 Å². The van der Waals surface area contributed by atoms with Crippen molar-refractivity contribution in [3.8, 4) is 0 Å². The average Bonchev–Trinajstić information content (AvgIpc) is 2.40. The van der Waals surface area contributed by atoms with E-state index in [1.165, 1.54) is 24.0 Å². The minimum Gasteiger partial charge on any atom is -0.312 e. The molecule has 0 saturated carbocycles. The van der Waals surface area contributed by atoms with Crippen LogP contribution in [0.2, 0.25) is 0 Å². The highest BCUT2D eigenvalue weighted by molar-refractivity contribution is 5.98. The van der Waals surface area contributed by atoms with E-state index in [2.05, 4.69) is 45.9 Å². The van der Waals surface area contributed by atoms with Gasteiger partial charge in [-0.05, 0) is 36.5 Å². The molecule has 104 valence electrons. The summed E-state index contributed by atoms with van der Waals surface area (Å²) in [5, 5.41) is 0. The van der Waals surface area contributed by atoms with Crippen molar-refractivity contribution in [3.63, 3.8) is 0 Å². The van der Waals surface area contributed by atoms with Gasteiger partial charge in [0.1, 0.15) is 0 Å². The molecule has 19 heavy (non-hydrogen) atoms. The first-order chi connectivity index (χ1) is 9.07. The molecule has 2 atom stereocenters. The second kappa shape index (κ2) is 5.77. The van der Waals surface area contributed by atoms with E-state index in [1.54, 1.807) is 0 Å². The molecule has 2 unspecified atom stereocenters. The Bertz CT molecular complexity index is 466. The molecule has 1 aromatic rings. The number of unbranched alkanes of at least 4 members (excludes halogenated alkanes) is 2. The lowest BCUT2D eigenvalue weighted by molar-refractivity contribution is -0.122. The molecule has 2 heteroatoms. The molecule has 0 aliphatic carbocycles. The van der Waals surface area contributed by atoms with Crippen LogP contribution in [0.4, 0.5) is 5.69 Å². The van der Waals surface area contributed by atoms with Crippen LogP contribution in [0.15, 0.2) is 18.2 Å². The third kappa shape index (κ3) is 2.54. The molecule has 2 rings (SSSR count). The Morgan fingerprint density at radius 3 is 2.58 bits per heavy atom. The monoisotopic (exact) mass is 259 g/mol. The maximum atomic E-state index is 12.5. The minimum absolute atomic E-state index is 0.0928. The Hall–Kier alpha value is -1.31. The number of benzene rings is 1. The molecular weight excluding hydrogens is 234 g/mol. The van der Waals surface area contributed by atoms with Gasteiger partial charge in [-0.1, -0.05) is 45.7 Å². The SMILES string of the molecule is CCCCCN1C(=O)C(C)C(C)c2c(C)cccc21. The fourth-order valence-corrected chi connectivity index (χ4v) is 3.07. The molecule has 1 amide bonds. The summed E-state index contributed by atoms with van der Waals surface area (Å²) in [5.41, 5.74) is 3.82. The second-order valence-corrected chi connectivity index (χ2v) is 5.78. The van der Waals surface area contributed by atoms with E-state index in [1.807, 2.05) is 4.90 Å². The number of hydrogen-bond acceptors (Lipinski definition) is 1. The molecule has 1 heterocycles. The van der Waals surface area contributed by atoms with E-state index in [9.17, 15) is 4.79 Å². The van der Waals surface area contributed by atoms with Gasteiger partial charge in [0.2, 0.25) is 5.91 Å². The Morgan fingerprint density at radius 1 is 1.16 bits per heavy atom. The molecule has 0 aromatic heterocycles. The zero-order valence-corrected chi connectivity index (χ0v) is 12.6. The van der Waals surface area contributed by atoms with Crippen LogP contribution >= 0.6 is 0 Å². The number of rotatable bonds is 4. The van der Waals surface area contributed by atoms with E-state index >= 15 is 0 Å². The molecule has 0 saturated heterocycles. The number of carbonyl (C=O) groups excluding carboxylic acids is 1. The normalized spacial score (nSPS) is 22.5. The van der Waals surface area contributed by atoms with Gasteiger partial charge in [0, 0.05) is 18.2 Å². The van der Waals surface area contributed by atoms with Crippen molar-refractivity contribution >= 4 is 11.6 Å². The predicted molar refractivity (Wildman–Crippen MR) is 80.6 cm³/mol. The van der Waals surface area contributed by atoms with Gasteiger partial charge in [-0.25, -0.2) is 0 Å². The van der Waals surface area contributed by atoms with Gasteiger partial charge >= 0.3 is 0 Å². The van der Waals surface area contributed by atoms with Gasteiger partial charge < -0.3 is 4.90 Å². The summed E-state index contributed by atoms with van der Waals surface area (Å²) in [6, 6.07) is 6.33. The summed E-state index contributed by atoms with van der Waals surface area (Å²) < 4.78 is 0. The maximum absolute atomic E-state index is 12.5. The lowest BCUT2D eigenvalue weighted by Crippen LogP contribution is -2.42. The lowest BCUT2D eigenvalue weighted by Gasteiger charge is -2.37. The summed E-state index contributed by atoms with van der Waals surface area (Å²) >= 11 is 0. The highest BCUT2D eigenvalue weighted by Crippen LogP contribution is 2.40. The van der Waals surface area contributed by atoms with Gasteiger partial charge in [0.15, 0.2) is 0 Å². The molecule has 2 nitrogen and oxygen atoms in total. The standard InChI is InChI=1S/C17H25NO/c1-5-6-7-11-18-15-10-8-9-12(2)16(15)13(3)14(4)17(18)19/h8-10,13-14H,5-7,11H2,1-4H3. The highest BCUT2D eigenvalue weighted by atomic mass is 16.2. The number of fused-ring (bicyclic) bond motifs is 1. The first kappa shape index (κ1) is 14.1. The molecule has 0 bridgehead atoms. The van der Waals surface area contributed by atoms with Crippen molar-refractivity contribution < 1.29 is 4.79 Å². The first-order valence-electron chi connectivity index (χ1n) is 7.48. The molecule has 1 aliphatic rings. The highest BCUT2D eigenvalue weighted by Gasteiger charge is 2.35. The summed E-state index contributed by atoms with van der Waals surface area (Å²) in [4.78, 5) is 14.5. The van der Waals surface area contributed by atoms with Gasteiger partial charge in [0.05, 0.1) is 0 Å². The topological polar surface area (TPSA) is 20.3 Å². The van der Waals surface area contributed by atoms with E-state index in [0.29, 0.717) is 11.8 Å². The summed E-state index contributed by atoms with van der Waals surface area (Å²) in [6.07, 6.45) is 3.47. The number of hydrogen-bond donors (Lipinski definition) is 0. The summed E-state index contributed by atoms with van der Waals surface area (Å²) in [5.74, 6) is 0.711. The van der Waals surface area contributed by atoms with Gasteiger partial charge in [-0.15, -0.1) is 0 Å². The third-order valence-electron chi connectivity index (χ3n) is 4.44. The quantitative estimate of drug-likeness (QED) is 0.739. The maximum Gasteiger partial charge on any atom is 0.230 e. The third-order valence-corrected chi connectivity index (χ3v) is 4.44. The average molecular weight is 259 g/mol. The van der Waals surface area contributed by atoms with Crippen LogP contribution in [-0.2, 0) is 4.79 Å². The number of nitrogens with zero attached hydrogens (tertiary/aromatic N) is 1. The Morgan fingerprint density at radius 2 is 1.89 bits per heavy atom. The van der Waals surface area contributed by atoms with Crippen LogP contribution in [0.1, 0.15) is 57.1 Å². The second-order valence-electron chi connectivity index (χ2n) is 5.78. The zero-order valence-electron chi connectivity index (χ0n) is 12.6. The van der Waals surface area contributed by atoms with E-state index in [0.717, 1.165) is 18.7 Å². The van der Waals surface area contributed by atoms with Crippen LogP contribution in [0.5, 0.6) is 0 Å². The molecule has 1 aliphatic heterocycles. The summed E-state index contributed by atoms with van der Waals surface area (Å²) in [6.45, 7) is 9.45. The summed E-state index contributed by atoms with van der Waals surface area (Å²) in [7, 11) is 0. The van der Waals surface area contributed by atoms with E-state index in [-0.39, 0.29) is 5.92 Å². The molecular formula is C17H25NO. The Balaban J connectivity index is 2.36. The Labute approximate surface area is 116 Å². The van der Waals surface area contributed by atoms with Gasteiger partial charge in [-0.3, -0.25) is 4.79 Å². The van der Waals surface area contributed by atoms with Crippen LogP contribution in [0.25, 0.3) is 0 Å². The van der Waals surface area contributed by atoms with Crippen molar-refractivity contribution in [1.82, 2.24) is 0 Å². The Kier molecular flexibility index (Phi) is 4.28. The van der Waals surface area contributed by atoms with Crippen LogP contribution in [-0.4, -0.2) is 12.5 Å². The number of amides is 1. The predicted octanol–water partition coefficient (Wildman–Crippen LogP) is 4.27. The van der Waals surface area contributed by atoms with Gasteiger partial charge in [-0.2, -0.15) is 0 Å². The molecule has 1 aromatic carbocycles. The number of carbonyl (C=O) groups is 1. The van der Waals surface area contributed by atoms with Crippen LogP contribution in [0.3, 0.4) is 0 Å². The van der Waals surface area contributed by atoms with Crippen molar-refractivity contribution in [3.05, 3.63) is 29.3 Å². The molecule has 0 N–H and O–H groups in total. The largest absolute Gasteiger partial charge is 0.312 e. The minimum atomic E-state index is 0.0928. The molecule has 0 radical (unpaired) electrons. The smallest absolute Gasteiger partial charge is 0.230 e. The fraction of sp³-hybridized carbons (Fsp3) is 0.588. The van der Waals surface area contributed by atoms with E-state index in [4.69, 9.17) is 0 Å². The fourth-order valence-electron chi connectivity index (χ4n) is 3.07. The van der Waals surface area contributed by atoms with E-state index < -0.39 is 0 Å². The number of aryl methyl sites for hydroxylation is 1. The number of anilines is 1. The van der Waals surface area contributed by atoms with Crippen LogP contribution in [0, 0.1) is 12.8 Å². The lowest BCUT2D eigenvalue weighted by atomic mass is 9.81.